The quantitative estimate of drug-likeness (QED) is 0.501. The zero-order valence-electron chi connectivity index (χ0n) is 15.4. The summed E-state index contributed by atoms with van der Waals surface area (Å²) in [6, 6.07) is 16.6. The number of nitrogens with one attached hydrogen (secondary N) is 1. The highest BCUT2D eigenvalue weighted by atomic mass is 31.2. The molecule has 0 aliphatic carbocycles. The van der Waals surface area contributed by atoms with Gasteiger partial charge in [0.25, 0.3) is 0 Å². The Morgan fingerprint density at radius 3 is 2.44 bits per heavy atom. The van der Waals surface area contributed by atoms with Gasteiger partial charge < -0.3 is 15.0 Å². The number of carboxylic acids is 1. The van der Waals surface area contributed by atoms with E-state index in [4.69, 9.17) is 0 Å². The highest BCUT2D eigenvalue weighted by Crippen LogP contribution is 2.60. The van der Waals surface area contributed by atoms with Crippen LogP contribution >= 0.6 is 7.37 Å². The van der Waals surface area contributed by atoms with Crippen LogP contribution in [0.4, 0.5) is 0 Å². The zero-order valence-corrected chi connectivity index (χ0v) is 16.3. The summed E-state index contributed by atoms with van der Waals surface area (Å²) in [7, 11) is -4.02. The Morgan fingerprint density at radius 2 is 1.78 bits per heavy atom. The molecule has 0 saturated heterocycles. The van der Waals surface area contributed by atoms with E-state index in [0.29, 0.717) is 5.56 Å². The number of hydrogen-bond donors (Lipinski definition) is 3. The molecule has 0 radical (unpaired) electrons. The van der Waals surface area contributed by atoms with Crippen molar-refractivity contribution in [2.45, 2.75) is 37.5 Å². The van der Waals surface area contributed by atoms with Crippen molar-refractivity contribution >= 4 is 24.2 Å². The largest absolute Gasteiger partial charge is 0.480 e. The fourth-order valence-electron chi connectivity index (χ4n) is 3.59. The predicted octanol–water partition coefficient (Wildman–Crippen LogP) is 4.98. The summed E-state index contributed by atoms with van der Waals surface area (Å²) in [5.74, 6) is -1.44. The molecule has 2 aromatic carbocycles. The molecule has 3 atom stereocenters. The number of carbonyl (C=O) groups is 1. The van der Waals surface area contributed by atoms with Crippen LogP contribution in [0.2, 0.25) is 0 Å². The van der Waals surface area contributed by atoms with Crippen molar-refractivity contribution in [2.75, 3.05) is 0 Å². The molecule has 0 aliphatic heterocycles. The molecule has 0 saturated carbocycles. The van der Waals surface area contributed by atoms with Gasteiger partial charge in [-0.2, -0.15) is 0 Å². The lowest BCUT2D eigenvalue weighted by Gasteiger charge is -2.32. The number of carboxylic acid groups (broad SMARTS) is 1. The number of benzene rings is 2. The summed E-state index contributed by atoms with van der Waals surface area (Å²) in [4.78, 5) is 26.1. The van der Waals surface area contributed by atoms with Crippen LogP contribution < -0.4 is 0 Å². The zero-order chi connectivity index (χ0) is 19.7. The first kappa shape index (κ1) is 19.4. The number of aliphatic carboxylic acids is 1. The van der Waals surface area contributed by atoms with Crippen molar-refractivity contribution < 1.29 is 19.4 Å². The molecule has 1 aromatic heterocycles. The minimum absolute atomic E-state index is 0.0742. The maximum atomic E-state index is 13.2. The summed E-state index contributed by atoms with van der Waals surface area (Å²) in [6.45, 7) is 3.30. The molecule has 0 fully saturated rings. The van der Waals surface area contributed by atoms with Gasteiger partial charge in [-0.1, -0.05) is 55.5 Å². The van der Waals surface area contributed by atoms with Gasteiger partial charge in [0.1, 0.15) is 5.16 Å². The van der Waals surface area contributed by atoms with E-state index in [-0.39, 0.29) is 18.5 Å². The second kappa shape index (κ2) is 7.34. The lowest BCUT2D eigenvalue weighted by atomic mass is 9.90. The molecule has 0 spiro atoms. The predicted molar refractivity (Wildman–Crippen MR) is 107 cm³/mol. The molecule has 0 aliphatic rings. The molecule has 27 heavy (non-hydrogen) atoms. The van der Waals surface area contributed by atoms with Crippen molar-refractivity contribution in [1.82, 2.24) is 4.98 Å². The van der Waals surface area contributed by atoms with Crippen molar-refractivity contribution in [3.05, 3.63) is 71.9 Å². The molecule has 6 heteroatoms. The first-order valence-corrected chi connectivity index (χ1v) is 10.7. The van der Waals surface area contributed by atoms with E-state index >= 15 is 0 Å². The molecule has 5 nitrogen and oxygen atoms in total. The molecule has 3 rings (SSSR count). The number of rotatable bonds is 7. The van der Waals surface area contributed by atoms with Crippen LogP contribution in [-0.2, 0) is 15.5 Å². The summed E-state index contributed by atoms with van der Waals surface area (Å²) in [6.07, 6.45) is 1.78. The smallest absolute Gasteiger partial charge is 0.319 e. The summed E-state index contributed by atoms with van der Waals surface area (Å²) >= 11 is 0. The highest BCUT2D eigenvalue weighted by Gasteiger charge is 2.50. The minimum atomic E-state index is -4.02. The molecule has 1 heterocycles. The van der Waals surface area contributed by atoms with Gasteiger partial charge in [0, 0.05) is 17.1 Å². The molecular formula is C21H24NO4P. The summed E-state index contributed by atoms with van der Waals surface area (Å²) < 4.78 is 13.2. The van der Waals surface area contributed by atoms with Crippen LogP contribution in [0.25, 0.3) is 10.9 Å². The van der Waals surface area contributed by atoms with Crippen LogP contribution in [-0.4, -0.2) is 26.1 Å². The number of aromatic amines is 1. The number of H-pyrrole nitrogens is 1. The van der Waals surface area contributed by atoms with E-state index in [1.54, 1.807) is 24.3 Å². The maximum absolute atomic E-state index is 13.2. The number of hydrogen-bond acceptors (Lipinski definition) is 2. The molecular weight excluding hydrogens is 361 g/mol. The van der Waals surface area contributed by atoms with E-state index in [1.807, 2.05) is 43.5 Å². The average molecular weight is 385 g/mol. The van der Waals surface area contributed by atoms with E-state index in [1.165, 1.54) is 6.92 Å². The third kappa shape index (κ3) is 3.71. The van der Waals surface area contributed by atoms with Crippen LogP contribution in [0.3, 0.4) is 0 Å². The number of fused-ring (bicyclic) bond motifs is 1. The second-order valence-electron chi connectivity index (χ2n) is 7.32. The van der Waals surface area contributed by atoms with Gasteiger partial charge in [-0.15, -0.1) is 0 Å². The summed E-state index contributed by atoms with van der Waals surface area (Å²) in [5, 5.41) is 9.14. The fraction of sp³-hybridized carbons (Fsp3) is 0.286. The second-order valence-corrected chi connectivity index (χ2v) is 10.0. The Morgan fingerprint density at radius 1 is 1.15 bits per heavy atom. The third-order valence-electron chi connectivity index (χ3n) is 5.33. The van der Waals surface area contributed by atoms with E-state index < -0.39 is 18.5 Å². The normalized spacial score (nSPS) is 17.1. The number of para-hydroxylation sites is 1. The Balaban J connectivity index is 1.92. The fourth-order valence-corrected chi connectivity index (χ4v) is 5.51. The van der Waals surface area contributed by atoms with Gasteiger partial charge in [-0.25, -0.2) is 0 Å². The highest BCUT2D eigenvalue weighted by molar-refractivity contribution is 7.60. The van der Waals surface area contributed by atoms with Gasteiger partial charge >= 0.3 is 5.97 Å². The first-order valence-electron chi connectivity index (χ1n) is 8.90. The topological polar surface area (TPSA) is 90.4 Å². The lowest BCUT2D eigenvalue weighted by molar-refractivity contribution is -0.140. The van der Waals surface area contributed by atoms with Crippen LogP contribution in [0, 0.1) is 0 Å². The van der Waals surface area contributed by atoms with Crippen LogP contribution in [0.5, 0.6) is 0 Å². The molecule has 3 unspecified atom stereocenters. The van der Waals surface area contributed by atoms with E-state index in [0.717, 1.165) is 16.5 Å². The first-order chi connectivity index (χ1) is 12.7. The Hall–Kier alpha value is -2.36. The van der Waals surface area contributed by atoms with Gasteiger partial charge in [0.2, 0.25) is 7.37 Å². The van der Waals surface area contributed by atoms with Gasteiger partial charge in [-0.3, -0.25) is 9.36 Å². The SMILES string of the molecule is CC(CC(C)(C(=O)O)P(=O)(O)Cc1ccccc1)c1c[nH]c2ccccc12. The Bertz CT molecular complexity index is 998. The molecule has 142 valence electrons. The molecule has 0 bridgehead atoms. The third-order valence-corrected chi connectivity index (χ3v) is 8.04. The standard InChI is InChI=1S/C21H24NO4P/c1-15(18-13-22-19-11-7-6-10-17(18)19)12-21(2,20(23)24)27(25,26)14-16-8-4-3-5-9-16/h3-11,13,15,22H,12,14H2,1-2H3,(H,23,24)(H,25,26). The van der Waals surface area contributed by atoms with Crippen LogP contribution in [0.15, 0.2) is 60.8 Å². The molecule has 3 N–H and O–H groups in total. The van der Waals surface area contributed by atoms with Crippen molar-refractivity contribution in [2.24, 2.45) is 0 Å². The van der Waals surface area contributed by atoms with Gasteiger partial charge in [0.05, 0.1) is 6.16 Å². The van der Waals surface area contributed by atoms with E-state index in [9.17, 15) is 19.4 Å². The summed E-state index contributed by atoms with van der Waals surface area (Å²) in [5.41, 5.74) is 2.58. The molecule has 3 aromatic rings. The Kier molecular flexibility index (Phi) is 5.27. The van der Waals surface area contributed by atoms with Gasteiger partial charge in [0.15, 0.2) is 0 Å². The Labute approximate surface area is 158 Å². The molecule has 0 amide bonds. The average Bonchev–Trinajstić information content (AvgIpc) is 3.06. The lowest BCUT2D eigenvalue weighted by Crippen LogP contribution is -2.37. The maximum Gasteiger partial charge on any atom is 0.319 e. The van der Waals surface area contributed by atoms with Crippen molar-refractivity contribution in [1.29, 1.82) is 0 Å². The van der Waals surface area contributed by atoms with E-state index in [2.05, 4.69) is 4.98 Å². The minimum Gasteiger partial charge on any atom is -0.480 e. The van der Waals surface area contributed by atoms with Crippen molar-refractivity contribution in [3.63, 3.8) is 0 Å². The van der Waals surface area contributed by atoms with Gasteiger partial charge in [-0.05, 0) is 36.5 Å². The monoisotopic (exact) mass is 385 g/mol. The van der Waals surface area contributed by atoms with Crippen molar-refractivity contribution in [3.8, 4) is 0 Å². The number of aromatic nitrogens is 1. The van der Waals surface area contributed by atoms with Crippen LogP contribution in [0.1, 0.15) is 37.3 Å².